The average Bonchev–Trinajstić information content (AvgIpc) is 2.64. The number of para-hydroxylation sites is 1. The predicted octanol–water partition coefficient (Wildman–Crippen LogP) is 6.51. The van der Waals surface area contributed by atoms with Gasteiger partial charge in [-0.15, -0.1) is 0 Å². The lowest BCUT2D eigenvalue weighted by Gasteiger charge is -2.40. The van der Waals surface area contributed by atoms with Crippen molar-refractivity contribution in [2.45, 2.75) is 48.3 Å². The third-order valence-electron chi connectivity index (χ3n) is 4.21. The first kappa shape index (κ1) is 27.1. The summed E-state index contributed by atoms with van der Waals surface area (Å²) in [5.41, 5.74) is -0.446. The maximum Gasteiger partial charge on any atom is 0.460 e. The van der Waals surface area contributed by atoms with Gasteiger partial charge in [0.1, 0.15) is 5.75 Å². The van der Waals surface area contributed by atoms with E-state index in [4.69, 9.17) is 4.74 Å². The standard InChI is InChI=1S/C16H13F13O2/c1-30-9-6-4-3-5-8(9)10(31-2)7-11(17,18)12(19,20)13(21,22)14(23,24)15(25,26)16(27,28)29/h3-6,10H,7H2,1-2H3. The Bertz CT molecular complexity index is 758. The summed E-state index contributed by atoms with van der Waals surface area (Å²) in [5, 5.41) is 0. The Kier molecular flexibility index (Phi) is 7.17. The minimum Gasteiger partial charge on any atom is -0.496 e. The molecule has 0 heterocycles. The number of methoxy groups -OCH3 is 2. The second-order valence-corrected chi connectivity index (χ2v) is 6.17. The zero-order valence-electron chi connectivity index (χ0n) is 15.3. The molecule has 0 aliphatic carbocycles. The molecule has 1 unspecified atom stereocenters. The van der Waals surface area contributed by atoms with Crippen LogP contribution >= 0.6 is 0 Å². The van der Waals surface area contributed by atoms with Crippen molar-refractivity contribution in [3.05, 3.63) is 29.8 Å². The van der Waals surface area contributed by atoms with Gasteiger partial charge in [-0.3, -0.25) is 0 Å². The first-order valence-electron chi connectivity index (χ1n) is 7.84. The molecule has 0 radical (unpaired) electrons. The molecule has 0 aliphatic rings. The molecule has 0 aromatic heterocycles. The van der Waals surface area contributed by atoms with Crippen LogP contribution in [0.25, 0.3) is 0 Å². The first-order valence-corrected chi connectivity index (χ1v) is 7.84. The second-order valence-electron chi connectivity index (χ2n) is 6.17. The fraction of sp³-hybridized carbons (Fsp3) is 0.625. The highest BCUT2D eigenvalue weighted by Crippen LogP contribution is 2.61. The predicted molar refractivity (Wildman–Crippen MR) is 78.2 cm³/mol. The van der Waals surface area contributed by atoms with Crippen molar-refractivity contribution < 1.29 is 66.5 Å². The van der Waals surface area contributed by atoms with Crippen LogP contribution in [-0.4, -0.2) is 50.0 Å². The van der Waals surface area contributed by atoms with Crippen LogP contribution in [0.15, 0.2) is 24.3 Å². The quantitative estimate of drug-likeness (QED) is 0.372. The topological polar surface area (TPSA) is 18.5 Å². The van der Waals surface area contributed by atoms with Crippen molar-refractivity contribution in [2.24, 2.45) is 0 Å². The number of hydrogen-bond acceptors (Lipinski definition) is 2. The monoisotopic (exact) mass is 484 g/mol. The summed E-state index contributed by atoms with van der Waals surface area (Å²) in [6, 6.07) is 4.47. The Labute approximate surface area is 165 Å². The van der Waals surface area contributed by atoms with E-state index in [1.807, 2.05) is 0 Å². The van der Waals surface area contributed by atoms with Crippen molar-refractivity contribution >= 4 is 0 Å². The SMILES string of the molecule is COc1ccccc1C(CC(F)(F)C(F)(F)C(F)(F)C(F)(F)C(F)(F)C(F)(F)F)OC. The van der Waals surface area contributed by atoms with Gasteiger partial charge in [0.2, 0.25) is 0 Å². The average molecular weight is 484 g/mol. The third-order valence-corrected chi connectivity index (χ3v) is 4.21. The van der Waals surface area contributed by atoms with Gasteiger partial charge in [-0.05, 0) is 6.07 Å². The fourth-order valence-corrected chi connectivity index (χ4v) is 2.42. The van der Waals surface area contributed by atoms with Crippen LogP contribution in [-0.2, 0) is 4.74 Å². The molecular formula is C16H13F13O2. The van der Waals surface area contributed by atoms with E-state index >= 15 is 0 Å². The van der Waals surface area contributed by atoms with Gasteiger partial charge in [-0.25, -0.2) is 0 Å². The molecule has 0 aliphatic heterocycles. The smallest absolute Gasteiger partial charge is 0.460 e. The first-order chi connectivity index (χ1) is 13.7. The summed E-state index contributed by atoms with van der Waals surface area (Å²) < 4.78 is 181. The van der Waals surface area contributed by atoms with Crippen LogP contribution in [0.3, 0.4) is 0 Å². The van der Waals surface area contributed by atoms with Crippen molar-refractivity contribution in [3.63, 3.8) is 0 Å². The van der Waals surface area contributed by atoms with Gasteiger partial charge in [-0.1, -0.05) is 18.2 Å². The Morgan fingerprint density at radius 2 is 1.13 bits per heavy atom. The highest BCUT2D eigenvalue weighted by Gasteiger charge is 2.90. The van der Waals surface area contributed by atoms with E-state index in [1.54, 1.807) is 0 Å². The van der Waals surface area contributed by atoms with Crippen LogP contribution < -0.4 is 4.74 Å². The van der Waals surface area contributed by atoms with Crippen LogP contribution in [0, 0.1) is 0 Å². The number of rotatable bonds is 9. The second kappa shape index (κ2) is 8.20. The molecule has 31 heavy (non-hydrogen) atoms. The largest absolute Gasteiger partial charge is 0.496 e. The number of hydrogen-bond donors (Lipinski definition) is 0. The molecule has 180 valence electrons. The molecule has 1 aromatic carbocycles. The summed E-state index contributed by atoms with van der Waals surface area (Å²) in [7, 11) is 1.63. The highest BCUT2D eigenvalue weighted by atomic mass is 19.4. The molecule has 1 aromatic rings. The van der Waals surface area contributed by atoms with Crippen LogP contribution in [0.1, 0.15) is 18.1 Å². The maximum absolute atomic E-state index is 14.1. The highest BCUT2D eigenvalue weighted by molar-refractivity contribution is 5.35. The number of alkyl halides is 13. The van der Waals surface area contributed by atoms with E-state index in [0.29, 0.717) is 7.11 Å². The Balaban J connectivity index is 3.45. The Hall–Kier alpha value is -1.93. The number of ether oxygens (including phenoxy) is 2. The number of benzene rings is 1. The van der Waals surface area contributed by atoms with Crippen LogP contribution in [0.4, 0.5) is 57.1 Å². The molecule has 1 atom stereocenters. The molecule has 0 bridgehead atoms. The summed E-state index contributed by atoms with van der Waals surface area (Å²) in [6.07, 6.45) is -12.2. The molecule has 0 spiro atoms. The zero-order valence-corrected chi connectivity index (χ0v) is 15.3. The molecule has 0 N–H and O–H groups in total. The molecular weight excluding hydrogens is 471 g/mol. The van der Waals surface area contributed by atoms with Gasteiger partial charge in [0.25, 0.3) is 0 Å². The number of halogens is 13. The van der Waals surface area contributed by atoms with E-state index in [1.165, 1.54) is 6.07 Å². The van der Waals surface area contributed by atoms with Crippen molar-refractivity contribution in [3.8, 4) is 5.75 Å². The summed E-state index contributed by atoms with van der Waals surface area (Å²) in [6.45, 7) is 0. The van der Waals surface area contributed by atoms with Gasteiger partial charge in [0.15, 0.2) is 0 Å². The Morgan fingerprint density at radius 1 is 0.677 bits per heavy atom. The van der Waals surface area contributed by atoms with Gasteiger partial charge in [0, 0.05) is 19.1 Å². The van der Waals surface area contributed by atoms with Crippen molar-refractivity contribution in [1.29, 1.82) is 0 Å². The van der Waals surface area contributed by atoms with E-state index in [2.05, 4.69) is 4.74 Å². The third kappa shape index (κ3) is 4.24. The van der Waals surface area contributed by atoms with Gasteiger partial charge in [0.05, 0.1) is 13.2 Å². The molecule has 0 saturated carbocycles. The van der Waals surface area contributed by atoms with Crippen LogP contribution in [0.5, 0.6) is 5.75 Å². The lowest BCUT2D eigenvalue weighted by Crippen LogP contribution is -2.70. The lowest BCUT2D eigenvalue weighted by molar-refractivity contribution is -0.440. The normalized spacial score (nSPS) is 15.7. The fourth-order valence-electron chi connectivity index (χ4n) is 2.42. The molecule has 0 amide bonds. The van der Waals surface area contributed by atoms with E-state index in [-0.39, 0.29) is 5.75 Å². The van der Waals surface area contributed by atoms with Gasteiger partial charge >= 0.3 is 35.8 Å². The minimum atomic E-state index is -7.93. The van der Waals surface area contributed by atoms with Gasteiger partial charge < -0.3 is 9.47 Å². The molecule has 15 heteroatoms. The Morgan fingerprint density at radius 3 is 1.55 bits per heavy atom. The summed E-state index contributed by atoms with van der Waals surface area (Å²) >= 11 is 0. The van der Waals surface area contributed by atoms with Crippen molar-refractivity contribution in [2.75, 3.05) is 14.2 Å². The summed E-state index contributed by atoms with van der Waals surface area (Å²) in [5.74, 6) is -37.4. The zero-order chi connectivity index (χ0) is 24.7. The molecule has 0 fully saturated rings. The molecule has 1 rings (SSSR count). The van der Waals surface area contributed by atoms with E-state index in [0.717, 1.165) is 25.3 Å². The molecule has 2 nitrogen and oxygen atoms in total. The molecule has 0 saturated heterocycles. The lowest BCUT2D eigenvalue weighted by atomic mass is 9.90. The maximum atomic E-state index is 14.1. The summed E-state index contributed by atoms with van der Waals surface area (Å²) in [4.78, 5) is 0. The van der Waals surface area contributed by atoms with Crippen LogP contribution in [0.2, 0.25) is 0 Å². The van der Waals surface area contributed by atoms with Gasteiger partial charge in [-0.2, -0.15) is 57.1 Å². The minimum absolute atomic E-state index is 0.283. The van der Waals surface area contributed by atoms with Crippen molar-refractivity contribution in [1.82, 2.24) is 0 Å². The van der Waals surface area contributed by atoms with E-state index in [9.17, 15) is 57.1 Å². The van der Waals surface area contributed by atoms with E-state index < -0.39 is 53.9 Å².